The van der Waals surface area contributed by atoms with Gasteiger partial charge < -0.3 is 9.80 Å². The monoisotopic (exact) mass is 538 g/mol. The molecule has 39 heavy (non-hydrogen) atoms. The van der Waals surface area contributed by atoms with E-state index >= 15 is 0 Å². The summed E-state index contributed by atoms with van der Waals surface area (Å²) in [5.41, 5.74) is 4.90. The zero-order valence-electron chi connectivity index (χ0n) is 23.1. The Labute approximate surface area is 237 Å². The summed E-state index contributed by atoms with van der Waals surface area (Å²) in [6.07, 6.45) is 10.0. The molecule has 2 aliphatic rings. The summed E-state index contributed by atoms with van der Waals surface area (Å²) in [7, 11) is 2.20. The number of para-hydroxylation sites is 1. The second-order valence-corrected chi connectivity index (χ2v) is 12.0. The van der Waals surface area contributed by atoms with Crippen molar-refractivity contribution in [2.45, 2.75) is 69.4 Å². The molecule has 0 N–H and O–H groups in total. The Hall–Kier alpha value is -3.15. The minimum Gasteiger partial charge on any atom is -0.303 e. The zero-order valence-corrected chi connectivity index (χ0v) is 23.9. The Bertz CT molecular complexity index is 1340. The van der Waals surface area contributed by atoms with E-state index in [4.69, 9.17) is 0 Å². The van der Waals surface area contributed by atoms with Crippen LogP contribution < -0.4 is 4.90 Å². The fourth-order valence-electron chi connectivity index (χ4n) is 5.67. The number of Topliss-reactive ketones (excluding diaryl/α,β-unsaturated/α-hetero) is 1. The second-order valence-electron chi connectivity index (χ2n) is 10.9. The normalized spacial score (nSPS) is 17.1. The fourth-order valence-corrected chi connectivity index (χ4v) is 6.73. The lowest BCUT2D eigenvalue weighted by Crippen LogP contribution is -2.34. The van der Waals surface area contributed by atoms with Crippen molar-refractivity contribution in [3.8, 4) is 0 Å². The molecule has 0 unspecified atom stereocenters. The van der Waals surface area contributed by atoms with Gasteiger partial charge in [0.2, 0.25) is 0 Å². The third kappa shape index (κ3) is 6.90. The Morgan fingerprint density at radius 2 is 1.77 bits per heavy atom. The number of hydrogen-bond acceptors (Lipinski definition) is 4. The van der Waals surface area contributed by atoms with Gasteiger partial charge in [0.05, 0.1) is 17.1 Å². The number of benzene rings is 3. The van der Waals surface area contributed by atoms with Crippen LogP contribution in [0, 0.1) is 6.92 Å². The first-order chi connectivity index (χ1) is 19.0. The lowest BCUT2D eigenvalue weighted by atomic mass is 9.94. The molecule has 4 nitrogen and oxygen atoms in total. The minimum atomic E-state index is 0.00226. The number of thioether (sulfide) groups is 1. The van der Waals surface area contributed by atoms with E-state index in [1.807, 2.05) is 59.5 Å². The van der Waals surface area contributed by atoms with Gasteiger partial charge in [-0.1, -0.05) is 97.3 Å². The molecule has 1 saturated carbocycles. The molecule has 1 heterocycles. The van der Waals surface area contributed by atoms with Crippen LogP contribution in [0.1, 0.15) is 72.0 Å². The molecule has 0 atom stereocenters. The van der Waals surface area contributed by atoms with Crippen molar-refractivity contribution in [3.05, 3.63) is 100.0 Å². The van der Waals surface area contributed by atoms with Gasteiger partial charge in [-0.15, -0.1) is 0 Å². The number of rotatable bonds is 9. The Morgan fingerprint density at radius 3 is 2.54 bits per heavy atom. The van der Waals surface area contributed by atoms with Crippen molar-refractivity contribution in [1.29, 1.82) is 0 Å². The van der Waals surface area contributed by atoms with Crippen molar-refractivity contribution < 1.29 is 9.59 Å². The van der Waals surface area contributed by atoms with Gasteiger partial charge in [-0.3, -0.25) is 9.59 Å². The summed E-state index contributed by atoms with van der Waals surface area (Å²) < 4.78 is 0. The molecule has 0 bridgehead atoms. The van der Waals surface area contributed by atoms with E-state index in [0.29, 0.717) is 23.9 Å². The molecular weight excluding hydrogens is 500 g/mol. The molecule has 0 aromatic heterocycles. The van der Waals surface area contributed by atoms with E-state index in [2.05, 4.69) is 43.1 Å². The van der Waals surface area contributed by atoms with Gasteiger partial charge in [0.15, 0.2) is 5.78 Å². The topological polar surface area (TPSA) is 40.6 Å². The molecule has 1 fully saturated rings. The van der Waals surface area contributed by atoms with Crippen LogP contribution in [0.2, 0.25) is 0 Å². The molecule has 0 spiro atoms. The molecule has 1 aliphatic heterocycles. The van der Waals surface area contributed by atoms with E-state index in [0.717, 1.165) is 40.2 Å². The highest BCUT2D eigenvalue weighted by atomic mass is 32.2. The van der Waals surface area contributed by atoms with Gasteiger partial charge in [-0.25, -0.2) is 0 Å². The van der Waals surface area contributed by atoms with E-state index < -0.39 is 0 Å². The zero-order chi connectivity index (χ0) is 27.2. The number of hydrogen-bond donors (Lipinski definition) is 0. The molecular formula is C34H38N2O2S. The van der Waals surface area contributed by atoms with Crippen molar-refractivity contribution in [3.63, 3.8) is 0 Å². The summed E-state index contributed by atoms with van der Waals surface area (Å²) in [4.78, 5) is 32.5. The predicted octanol–water partition coefficient (Wildman–Crippen LogP) is 7.90. The molecule has 5 rings (SSSR count). The molecule has 1 aliphatic carbocycles. The molecule has 0 radical (unpaired) electrons. The Balaban J connectivity index is 1.24. The van der Waals surface area contributed by atoms with Crippen LogP contribution in [-0.4, -0.2) is 36.2 Å². The number of carbonyl (C=O) groups is 2. The number of nitrogens with zero attached hydrogens (tertiary/aromatic N) is 2. The van der Waals surface area contributed by atoms with E-state index in [1.165, 1.54) is 49.4 Å². The highest BCUT2D eigenvalue weighted by Crippen LogP contribution is 2.42. The van der Waals surface area contributed by atoms with Crippen LogP contribution in [0.3, 0.4) is 0 Å². The van der Waals surface area contributed by atoms with Crippen LogP contribution in [0.5, 0.6) is 0 Å². The fraction of sp³-hybridized carbons (Fsp3) is 0.353. The van der Waals surface area contributed by atoms with Gasteiger partial charge in [0.25, 0.3) is 5.91 Å². The maximum atomic E-state index is 13.6. The maximum absolute atomic E-state index is 13.6. The lowest BCUT2D eigenvalue weighted by Gasteiger charge is -2.31. The standard InChI is InChI=1S/C34H38N2O2S/c1-25-10-8-11-27(22-25)24-36-30-14-6-7-16-32(30)39-33(34(36)38)23-26-17-19-28(20-18-26)31(37)15-9-21-35(2)29-12-4-3-5-13-29/h6-8,10-11,14,16-20,22-23,29H,3-5,9,12-13,15,21,24H2,1-2H3/b33-23+. The van der Waals surface area contributed by atoms with Gasteiger partial charge >= 0.3 is 0 Å². The molecule has 1 amide bonds. The Kier molecular flexibility index (Phi) is 9.00. The summed E-state index contributed by atoms with van der Waals surface area (Å²) >= 11 is 1.51. The molecule has 202 valence electrons. The van der Waals surface area contributed by atoms with Crippen LogP contribution in [0.4, 0.5) is 5.69 Å². The summed E-state index contributed by atoms with van der Waals surface area (Å²) in [5.74, 6) is 0.190. The number of fused-ring (bicyclic) bond motifs is 1. The van der Waals surface area contributed by atoms with Crippen LogP contribution in [0.25, 0.3) is 6.08 Å². The average Bonchev–Trinajstić information content (AvgIpc) is 2.96. The van der Waals surface area contributed by atoms with Crippen molar-refractivity contribution in [2.24, 2.45) is 0 Å². The quantitative estimate of drug-likeness (QED) is 0.205. The van der Waals surface area contributed by atoms with Crippen LogP contribution >= 0.6 is 11.8 Å². The maximum Gasteiger partial charge on any atom is 0.265 e. The van der Waals surface area contributed by atoms with Crippen molar-refractivity contribution in [1.82, 2.24) is 4.90 Å². The molecule has 0 saturated heterocycles. The number of amides is 1. The minimum absolute atomic E-state index is 0.00226. The van der Waals surface area contributed by atoms with E-state index in [9.17, 15) is 9.59 Å². The number of aryl methyl sites for hydroxylation is 1. The summed E-state index contributed by atoms with van der Waals surface area (Å²) in [5, 5.41) is 0. The first kappa shape index (κ1) is 27.4. The van der Waals surface area contributed by atoms with Gasteiger partial charge in [-0.2, -0.15) is 0 Å². The summed E-state index contributed by atoms with van der Waals surface area (Å²) in [6.45, 7) is 3.57. The third-order valence-electron chi connectivity index (χ3n) is 7.90. The van der Waals surface area contributed by atoms with Gasteiger partial charge in [0, 0.05) is 22.9 Å². The van der Waals surface area contributed by atoms with Crippen molar-refractivity contribution >= 4 is 35.2 Å². The smallest absolute Gasteiger partial charge is 0.265 e. The largest absolute Gasteiger partial charge is 0.303 e. The van der Waals surface area contributed by atoms with Crippen LogP contribution in [-0.2, 0) is 11.3 Å². The number of carbonyl (C=O) groups excluding carboxylic acids is 2. The highest BCUT2D eigenvalue weighted by molar-refractivity contribution is 8.04. The average molecular weight is 539 g/mol. The highest BCUT2D eigenvalue weighted by Gasteiger charge is 2.29. The third-order valence-corrected chi connectivity index (χ3v) is 8.98. The van der Waals surface area contributed by atoms with Crippen molar-refractivity contribution in [2.75, 3.05) is 18.5 Å². The van der Waals surface area contributed by atoms with Crippen LogP contribution in [0.15, 0.2) is 82.6 Å². The summed E-state index contributed by atoms with van der Waals surface area (Å²) in [6, 6.07) is 24.8. The van der Waals surface area contributed by atoms with Gasteiger partial charge in [0.1, 0.15) is 0 Å². The first-order valence-electron chi connectivity index (χ1n) is 14.2. The predicted molar refractivity (Wildman–Crippen MR) is 162 cm³/mol. The lowest BCUT2D eigenvalue weighted by molar-refractivity contribution is -0.114. The molecule has 3 aromatic rings. The first-order valence-corrected chi connectivity index (χ1v) is 15.0. The van der Waals surface area contributed by atoms with Gasteiger partial charge in [-0.05, 0) is 69.1 Å². The molecule has 5 heteroatoms. The SMILES string of the molecule is Cc1cccc(CN2C(=O)/C(=C\c3ccc(C(=O)CCCN(C)C4CCCCC4)cc3)Sc3ccccc32)c1. The van der Waals surface area contributed by atoms with E-state index in [1.54, 1.807) is 0 Å². The van der Waals surface area contributed by atoms with E-state index in [-0.39, 0.29) is 11.7 Å². The second kappa shape index (κ2) is 12.8. The number of anilines is 1. The number of ketones is 1. The Morgan fingerprint density at radius 1 is 1.00 bits per heavy atom. The molecule has 3 aromatic carbocycles.